The van der Waals surface area contributed by atoms with Crippen LogP contribution in [-0.4, -0.2) is 25.5 Å². The van der Waals surface area contributed by atoms with Crippen molar-refractivity contribution in [2.75, 3.05) is 13.2 Å². The van der Waals surface area contributed by atoms with Gasteiger partial charge >= 0.3 is 0 Å². The third kappa shape index (κ3) is 5.34. The van der Waals surface area contributed by atoms with Crippen LogP contribution in [0.2, 0.25) is 0 Å². The van der Waals surface area contributed by atoms with Crippen molar-refractivity contribution in [2.45, 2.75) is 64.7 Å². The summed E-state index contributed by atoms with van der Waals surface area (Å²) in [5, 5.41) is 0. The molecule has 0 aliphatic heterocycles. The summed E-state index contributed by atoms with van der Waals surface area (Å²) in [6.45, 7) is 5.29. The van der Waals surface area contributed by atoms with Gasteiger partial charge in [-0.3, -0.25) is 11.3 Å². The van der Waals surface area contributed by atoms with Crippen molar-refractivity contribution in [3.05, 3.63) is 0 Å². The van der Waals surface area contributed by atoms with Crippen LogP contribution in [0.15, 0.2) is 0 Å². The minimum Gasteiger partial charge on any atom is -0.351 e. The molecule has 0 spiro atoms. The van der Waals surface area contributed by atoms with Crippen molar-refractivity contribution < 1.29 is 9.47 Å². The molecule has 1 saturated carbocycles. The topological polar surface area (TPSA) is 56.5 Å². The van der Waals surface area contributed by atoms with Crippen LogP contribution in [0.1, 0.15) is 52.4 Å². The summed E-state index contributed by atoms with van der Waals surface area (Å²) < 4.78 is 11.2. The Morgan fingerprint density at radius 1 is 1.12 bits per heavy atom. The molecule has 0 bridgehead atoms. The summed E-state index contributed by atoms with van der Waals surface area (Å²) in [5.74, 6) is 6.41. The molecule has 1 fully saturated rings. The van der Waals surface area contributed by atoms with Crippen molar-refractivity contribution in [3.63, 3.8) is 0 Å². The maximum atomic E-state index is 5.64. The first-order valence-electron chi connectivity index (χ1n) is 7.01. The highest BCUT2D eigenvalue weighted by molar-refractivity contribution is 4.76. The first kappa shape index (κ1) is 14.9. The van der Waals surface area contributed by atoms with E-state index in [1.807, 2.05) is 13.8 Å². The molecule has 0 aromatic carbocycles. The van der Waals surface area contributed by atoms with Gasteiger partial charge in [0.15, 0.2) is 6.29 Å². The lowest BCUT2D eigenvalue weighted by molar-refractivity contribution is -0.157. The lowest BCUT2D eigenvalue weighted by Crippen LogP contribution is -2.47. The maximum Gasteiger partial charge on any atom is 0.173 e. The van der Waals surface area contributed by atoms with Gasteiger partial charge in [0.2, 0.25) is 0 Å². The minimum atomic E-state index is -0.211. The fraction of sp³-hybridized carbons (Fsp3) is 1.00. The van der Waals surface area contributed by atoms with Crippen molar-refractivity contribution in [1.29, 1.82) is 0 Å². The molecule has 1 aliphatic carbocycles. The van der Waals surface area contributed by atoms with Gasteiger partial charge in [-0.25, -0.2) is 0 Å². The summed E-state index contributed by atoms with van der Waals surface area (Å²) in [6.07, 6.45) is 7.59. The molecule has 4 nitrogen and oxygen atoms in total. The maximum absolute atomic E-state index is 5.64. The van der Waals surface area contributed by atoms with Gasteiger partial charge in [0.05, 0.1) is 6.04 Å². The van der Waals surface area contributed by atoms with E-state index >= 15 is 0 Å². The van der Waals surface area contributed by atoms with Crippen LogP contribution >= 0.6 is 0 Å². The van der Waals surface area contributed by atoms with Crippen LogP contribution in [0.5, 0.6) is 0 Å². The summed E-state index contributed by atoms with van der Waals surface area (Å²) in [4.78, 5) is 0. The monoisotopic (exact) mass is 244 g/mol. The number of rotatable bonds is 8. The molecule has 0 aromatic heterocycles. The molecular weight excluding hydrogens is 216 g/mol. The lowest BCUT2D eigenvalue weighted by atomic mass is 9.85. The van der Waals surface area contributed by atoms with E-state index in [9.17, 15) is 0 Å². The van der Waals surface area contributed by atoms with Gasteiger partial charge in [-0.1, -0.05) is 32.1 Å². The largest absolute Gasteiger partial charge is 0.351 e. The van der Waals surface area contributed by atoms with E-state index in [2.05, 4.69) is 5.43 Å². The first-order chi connectivity index (χ1) is 8.31. The molecule has 0 heterocycles. The fourth-order valence-electron chi connectivity index (χ4n) is 2.65. The summed E-state index contributed by atoms with van der Waals surface area (Å²) in [6, 6.07) is 0.109. The minimum absolute atomic E-state index is 0.109. The zero-order chi connectivity index (χ0) is 12.5. The van der Waals surface area contributed by atoms with Crippen LogP contribution in [0.3, 0.4) is 0 Å². The Bertz CT molecular complexity index is 178. The third-order valence-corrected chi connectivity index (χ3v) is 3.52. The first-order valence-corrected chi connectivity index (χ1v) is 7.01. The van der Waals surface area contributed by atoms with Gasteiger partial charge in [-0.2, -0.15) is 0 Å². The second-order valence-electron chi connectivity index (χ2n) is 4.79. The highest BCUT2D eigenvalue weighted by atomic mass is 16.7. The number of hydrogen-bond acceptors (Lipinski definition) is 4. The zero-order valence-corrected chi connectivity index (χ0v) is 11.3. The molecule has 17 heavy (non-hydrogen) atoms. The van der Waals surface area contributed by atoms with Crippen LogP contribution in [-0.2, 0) is 9.47 Å². The molecule has 0 amide bonds. The van der Waals surface area contributed by atoms with Gasteiger partial charge in [-0.05, 0) is 26.2 Å². The predicted octanol–water partition coefficient (Wildman–Crippen LogP) is 2.19. The van der Waals surface area contributed by atoms with Crippen LogP contribution in [0.25, 0.3) is 0 Å². The van der Waals surface area contributed by atoms with E-state index in [0.29, 0.717) is 13.2 Å². The molecule has 4 heteroatoms. The molecule has 3 N–H and O–H groups in total. The quantitative estimate of drug-likeness (QED) is 0.390. The molecule has 0 radical (unpaired) electrons. The Morgan fingerprint density at radius 2 is 1.71 bits per heavy atom. The number of nitrogens with one attached hydrogen (secondary N) is 1. The van der Waals surface area contributed by atoms with E-state index in [0.717, 1.165) is 12.3 Å². The van der Waals surface area contributed by atoms with Gasteiger partial charge < -0.3 is 9.47 Å². The van der Waals surface area contributed by atoms with E-state index in [-0.39, 0.29) is 12.3 Å². The van der Waals surface area contributed by atoms with Gasteiger partial charge in [0.25, 0.3) is 0 Å². The molecule has 0 aromatic rings. The van der Waals surface area contributed by atoms with Crippen LogP contribution in [0, 0.1) is 5.92 Å². The average molecular weight is 244 g/mol. The number of nitrogens with two attached hydrogens (primary N) is 1. The summed E-state index contributed by atoms with van der Waals surface area (Å²) >= 11 is 0. The normalized spacial score (nSPS) is 19.8. The summed E-state index contributed by atoms with van der Waals surface area (Å²) in [7, 11) is 0. The molecule has 102 valence electrons. The Labute approximate surface area is 105 Å². The highest BCUT2D eigenvalue weighted by Crippen LogP contribution is 2.28. The fourth-order valence-corrected chi connectivity index (χ4v) is 2.65. The van der Waals surface area contributed by atoms with E-state index in [4.69, 9.17) is 15.3 Å². The Kier molecular flexibility index (Phi) is 7.77. The van der Waals surface area contributed by atoms with Crippen molar-refractivity contribution in [2.24, 2.45) is 11.8 Å². The van der Waals surface area contributed by atoms with Crippen molar-refractivity contribution in [3.8, 4) is 0 Å². The van der Waals surface area contributed by atoms with Gasteiger partial charge in [-0.15, -0.1) is 0 Å². The Morgan fingerprint density at radius 3 is 2.18 bits per heavy atom. The SMILES string of the molecule is CCOC(OCC)C(CC1CCCCC1)NN. The van der Waals surface area contributed by atoms with E-state index in [1.165, 1.54) is 32.1 Å². The zero-order valence-electron chi connectivity index (χ0n) is 11.3. The Balaban J connectivity index is 2.42. The second kappa shape index (κ2) is 8.86. The Hall–Kier alpha value is -0.160. The van der Waals surface area contributed by atoms with Gasteiger partial charge in [0.1, 0.15) is 0 Å². The second-order valence-corrected chi connectivity index (χ2v) is 4.79. The third-order valence-electron chi connectivity index (χ3n) is 3.52. The predicted molar refractivity (Wildman–Crippen MR) is 69.3 cm³/mol. The molecular formula is C13H28N2O2. The number of hydrazine groups is 1. The van der Waals surface area contributed by atoms with Gasteiger partial charge in [0, 0.05) is 13.2 Å². The smallest absolute Gasteiger partial charge is 0.173 e. The molecule has 1 unspecified atom stereocenters. The molecule has 1 rings (SSSR count). The van der Waals surface area contributed by atoms with Crippen LogP contribution in [0.4, 0.5) is 0 Å². The van der Waals surface area contributed by atoms with Crippen LogP contribution < -0.4 is 11.3 Å². The molecule has 1 aliphatic rings. The van der Waals surface area contributed by atoms with Crippen molar-refractivity contribution >= 4 is 0 Å². The highest BCUT2D eigenvalue weighted by Gasteiger charge is 2.25. The van der Waals surface area contributed by atoms with E-state index in [1.54, 1.807) is 0 Å². The molecule has 1 atom stereocenters. The van der Waals surface area contributed by atoms with E-state index < -0.39 is 0 Å². The molecule has 0 saturated heterocycles. The number of ether oxygens (including phenoxy) is 2. The van der Waals surface area contributed by atoms with Crippen molar-refractivity contribution in [1.82, 2.24) is 5.43 Å². The number of hydrogen-bond donors (Lipinski definition) is 2. The standard InChI is InChI=1S/C13H28N2O2/c1-3-16-13(17-4-2)12(15-14)10-11-8-6-5-7-9-11/h11-13,15H,3-10,14H2,1-2H3. The summed E-state index contributed by atoms with van der Waals surface area (Å²) in [5.41, 5.74) is 2.87. The lowest BCUT2D eigenvalue weighted by Gasteiger charge is -2.30. The average Bonchev–Trinajstić information content (AvgIpc) is 2.37.